The SMILES string of the molecule is COc1ccc(C(c2cc(C)c3ccc(C(C)C)cc(C)c2-3)c2oc(CO)cc(=O)c2O)cc1. The monoisotopic (exact) mass is 458 g/mol. The summed E-state index contributed by atoms with van der Waals surface area (Å²) in [5.41, 5.74) is 6.77. The predicted molar refractivity (Wildman–Crippen MR) is 133 cm³/mol. The van der Waals surface area contributed by atoms with Crippen LogP contribution in [0.1, 0.15) is 65.0 Å². The van der Waals surface area contributed by atoms with Crippen molar-refractivity contribution in [3.05, 3.63) is 104 Å². The topological polar surface area (TPSA) is 79.9 Å². The quantitative estimate of drug-likeness (QED) is 0.378. The maximum absolute atomic E-state index is 12.6. The van der Waals surface area contributed by atoms with Crippen LogP contribution in [0.2, 0.25) is 0 Å². The molecule has 0 bridgehead atoms. The molecule has 2 N–H and O–H groups in total. The second kappa shape index (κ2) is 9.35. The Balaban J connectivity index is 2.06. The zero-order chi connectivity index (χ0) is 24.6. The van der Waals surface area contributed by atoms with Crippen LogP contribution in [-0.4, -0.2) is 17.3 Å². The Kier molecular flexibility index (Phi) is 6.49. The molecule has 176 valence electrons. The van der Waals surface area contributed by atoms with Gasteiger partial charge in [0.05, 0.1) is 13.0 Å². The molecule has 1 atom stereocenters. The van der Waals surface area contributed by atoms with E-state index >= 15 is 0 Å². The summed E-state index contributed by atoms with van der Waals surface area (Å²) in [5.74, 6) is 0.275. The normalized spacial score (nSPS) is 12.3. The number of aryl methyl sites for hydroxylation is 2. The van der Waals surface area contributed by atoms with E-state index in [1.807, 2.05) is 24.3 Å². The lowest BCUT2D eigenvalue weighted by Crippen LogP contribution is -2.11. The average Bonchev–Trinajstić information content (AvgIpc) is 3.03. The van der Waals surface area contributed by atoms with Crippen LogP contribution in [-0.2, 0) is 6.61 Å². The van der Waals surface area contributed by atoms with Gasteiger partial charge in [-0.1, -0.05) is 50.2 Å². The van der Waals surface area contributed by atoms with E-state index in [0.29, 0.717) is 11.7 Å². The van der Waals surface area contributed by atoms with Crippen molar-refractivity contribution in [2.24, 2.45) is 0 Å². The fourth-order valence-electron chi connectivity index (χ4n) is 4.62. The molecule has 1 heterocycles. The summed E-state index contributed by atoms with van der Waals surface area (Å²) in [6.07, 6.45) is 0. The molecule has 2 aliphatic rings. The van der Waals surface area contributed by atoms with Gasteiger partial charge < -0.3 is 19.4 Å². The van der Waals surface area contributed by atoms with E-state index in [1.54, 1.807) is 7.11 Å². The largest absolute Gasteiger partial charge is 0.502 e. The van der Waals surface area contributed by atoms with Crippen LogP contribution >= 0.6 is 0 Å². The number of aliphatic hydroxyl groups is 1. The van der Waals surface area contributed by atoms with Crippen LogP contribution in [0.25, 0.3) is 11.1 Å². The van der Waals surface area contributed by atoms with Crippen molar-refractivity contribution in [1.29, 1.82) is 0 Å². The molecule has 5 nitrogen and oxygen atoms in total. The first-order valence-electron chi connectivity index (χ1n) is 11.4. The van der Waals surface area contributed by atoms with Crippen molar-refractivity contribution in [1.82, 2.24) is 0 Å². The highest BCUT2D eigenvalue weighted by Crippen LogP contribution is 2.45. The summed E-state index contributed by atoms with van der Waals surface area (Å²) >= 11 is 0. The summed E-state index contributed by atoms with van der Waals surface area (Å²) in [6.45, 7) is 8.04. The molecule has 2 aromatic rings. The lowest BCUT2D eigenvalue weighted by molar-refractivity contribution is 0.235. The summed E-state index contributed by atoms with van der Waals surface area (Å²) < 4.78 is 11.2. The van der Waals surface area contributed by atoms with Crippen molar-refractivity contribution in [3.8, 4) is 22.6 Å². The maximum atomic E-state index is 12.6. The smallest absolute Gasteiger partial charge is 0.227 e. The Bertz CT molecular complexity index is 1350. The molecule has 0 aliphatic heterocycles. The second-order valence-electron chi connectivity index (χ2n) is 9.04. The van der Waals surface area contributed by atoms with Gasteiger partial charge in [-0.2, -0.15) is 0 Å². The number of hydrogen-bond donors (Lipinski definition) is 2. The molecule has 4 rings (SSSR count). The first kappa shape index (κ1) is 23.6. The third-order valence-electron chi connectivity index (χ3n) is 6.42. The number of fused-ring (bicyclic) bond motifs is 1. The maximum Gasteiger partial charge on any atom is 0.227 e. The molecule has 0 saturated heterocycles. The molecule has 1 aromatic carbocycles. The number of ether oxygens (including phenoxy) is 1. The standard InChI is InChI=1S/C29H30O5/c1-16(2)20-8-11-23-17(3)13-24(26(23)18(4)12-20)27(19-6-9-21(33-5)10-7-19)29-28(32)25(31)14-22(15-30)34-29/h6-14,16,27,30,32H,15H2,1-5H3. The fraction of sp³-hybridized carbons (Fsp3) is 0.276. The molecular formula is C29H30O5. The van der Waals surface area contributed by atoms with E-state index in [9.17, 15) is 15.0 Å². The highest BCUT2D eigenvalue weighted by Gasteiger charge is 2.30. The van der Waals surface area contributed by atoms with Crippen LogP contribution in [0.15, 0.2) is 63.8 Å². The minimum absolute atomic E-state index is 0.105. The molecule has 5 heteroatoms. The number of benzene rings is 1. The summed E-state index contributed by atoms with van der Waals surface area (Å²) in [6, 6.07) is 17.2. The Morgan fingerprint density at radius 2 is 1.62 bits per heavy atom. The summed E-state index contributed by atoms with van der Waals surface area (Å²) in [5, 5.41) is 20.5. The van der Waals surface area contributed by atoms with E-state index < -0.39 is 23.7 Å². The van der Waals surface area contributed by atoms with Crippen LogP contribution < -0.4 is 10.2 Å². The Morgan fingerprint density at radius 1 is 0.941 bits per heavy atom. The minimum atomic E-state index is -0.583. The molecule has 1 unspecified atom stereocenters. The Labute approximate surface area is 199 Å². The lowest BCUT2D eigenvalue weighted by Gasteiger charge is -2.20. The molecule has 0 spiro atoms. The van der Waals surface area contributed by atoms with Gasteiger partial charge in [0.25, 0.3) is 0 Å². The number of aromatic hydroxyl groups is 1. The summed E-state index contributed by atoms with van der Waals surface area (Å²) in [7, 11) is 1.60. The van der Waals surface area contributed by atoms with Gasteiger partial charge in [0, 0.05) is 6.07 Å². The highest BCUT2D eigenvalue weighted by molar-refractivity contribution is 5.79. The van der Waals surface area contributed by atoms with E-state index in [1.165, 1.54) is 5.56 Å². The summed E-state index contributed by atoms with van der Waals surface area (Å²) in [4.78, 5) is 12.6. The van der Waals surface area contributed by atoms with Gasteiger partial charge in [-0.3, -0.25) is 4.79 Å². The van der Waals surface area contributed by atoms with Crippen LogP contribution in [0.3, 0.4) is 0 Å². The van der Waals surface area contributed by atoms with Gasteiger partial charge in [-0.25, -0.2) is 0 Å². The Morgan fingerprint density at radius 3 is 2.24 bits per heavy atom. The van der Waals surface area contributed by atoms with Crippen LogP contribution in [0.5, 0.6) is 11.5 Å². The van der Waals surface area contributed by atoms with Crippen molar-refractivity contribution >= 4 is 0 Å². The zero-order valence-electron chi connectivity index (χ0n) is 20.2. The van der Waals surface area contributed by atoms with Crippen molar-refractivity contribution in [2.45, 2.75) is 46.1 Å². The van der Waals surface area contributed by atoms with Crippen molar-refractivity contribution in [2.75, 3.05) is 7.11 Å². The average molecular weight is 459 g/mol. The fourth-order valence-corrected chi connectivity index (χ4v) is 4.62. The molecule has 0 radical (unpaired) electrons. The first-order valence-corrected chi connectivity index (χ1v) is 11.4. The highest BCUT2D eigenvalue weighted by atomic mass is 16.5. The van der Waals surface area contributed by atoms with Gasteiger partial charge >= 0.3 is 0 Å². The van der Waals surface area contributed by atoms with E-state index in [0.717, 1.165) is 39.4 Å². The second-order valence-corrected chi connectivity index (χ2v) is 9.04. The molecule has 1 aromatic heterocycles. The van der Waals surface area contributed by atoms with E-state index in [4.69, 9.17) is 9.15 Å². The molecule has 2 aliphatic carbocycles. The number of aliphatic hydroxyl groups excluding tert-OH is 1. The van der Waals surface area contributed by atoms with Gasteiger partial charge in [0.2, 0.25) is 11.2 Å². The molecular weight excluding hydrogens is 428 g/mol. The van der Waals surface area contributed by atoms with Crippen molar-refractivity contribution < 1.29 is 19.4 Å². The van der Waals surface area contributed by atoms with Gasteiger partial charge in [-0.15, -0.1) is 0 Å². The number of hydrogen-bond acceptors (Lipinski definition) is 5. The lowest BCUT2D eigenvalue weighted by atomic mass is 9.86. The number of methoxy groups -OCH3 is 1. The molecule has 0 amide bonds. The van der Waals surface area contributed by atoms with E-state index in [2.05, 4.69) is 52.0 Å². The minimum Gasteiger partial charge on any atom is -0.502 e. The molecule has 34 heavy (non-hydrogen) atoms. The molecule has 0 fully saturated rings. The number of rotatable bonds is 6. The van der Waals surface area contributed by atoms with Gasteiger partial charge in [0.15, 0.2) is 5.76 Å². The van der Waals surface area contributed by atoms with Crippen LogP contribution in [0, 0.1) is 13.8 Å². The zero-order valence-corrected chi connectivity index (χ0v) is 20.2. The Hall–Kier alpha value is -3.57. The predicted octanol–water partition coefficient (Wildman–Crippen LogP) is 5.87. The van der Waals surface area contributed by atoms with E-state index in [-0.39, 0.29) is 11.5 Å². The van der Waals surface area contributed by atoms with Gasteiger partial charge in [-0.05, 0) is 70.8 Å². The third-order valence-corrected chi connectivity index (χ3v) is 6.42. The van der Waals surface area contributed by atoms with Gasteiger partial charge in [0.1, 0.15) is 18.1 Å². The third kappa shape index (κ3) is 4.19. The van der Waals surface area contributed by atoms with Crippen molar-refractivity contribution in [3.63, 3.8) is 0 Å². The van der Waals surface area contributed by atoms with Crippen LogP contribution in [0.4, 0.5) is 0 Å². The first-order chi connectivity index (χ1) is 16.2. The molecule has 0 saturated carbocycles.